The molecule has 0 aromatic heterocycles. The van der Waals surface area contributed by atoms with Crippen LogP contribution in [-0.4, -0.2) is 19.6 Å². The molecular weight excluding hydrogens is 413 g/mol. The predicted molar refractivity (Wildman–Crippen MR) is 86.0 cm³/mol. The Labute approximate surface area is 131 Å². The van der Waals surface area contributed by atoms with Crippen LogP contribution in [0.5, 0.6) is 0 Å². The van der Waals surface area contributed by atoms with Gasteiger partial charge in [-0.25, -0.2) is 0 Å². The van der Waals surface area contributed by atoms with Gasteiger partial charge in [-0.15, -0.1) is 0 Å². The van der Waals surface area contributed by atoms with Gasteiger partial charge in [-0.1, -0.05) is 0 Å². The van der Waals surface area contributed by atoms with Crippen LogP contribution in [-0.2, 0) is 20.8 Å². The van der Waals surface area contributed by atoms with Gasteiger partial charge in [-0.3, -0.25) is 0 Å². The third kappa shape index (κ3) is 4.90. The molecule has 0 amide bonds. The second-order valence-corrected chi connectivity index (χ2v) is 16.9. The van der Waals surface area contributed by atoms with E-state index < -0.39 is 20.8 Å². The average molecular weight is 446 g/mol. The van der Waals surface area contributed by atoms with E-state index in [-0.39, 0.29) is 0 Å². The summed E-state index contributed by atoms with van der Waals surface area (Å²) in [5.74, 6) is 0. The van der Waals surface area contributed by atoms with Crippen molar-refractivity contribution in [3.8, 4) is 0 Å². The van der Waals surface area contributed by atoms with Crippen molar-refractivity contribution in [2.45, 2.75) is 59.8 Å². The molecule has 1 aliphatic rings. The summed E-state index contributed by atoms with van der Waals surface area (Å²) in [5, 5.41) is 0. The summed E-state index contributed by atoms with van der Waals surface area (Å²) in [7, 11) is 0. The van der Waals surface area contributed by atoms with E-state index in [1.807, 2.05) is 0 Å². The minimum atomic E-state index is -2.97. The van der Waals surface area contributed by atoms with E-state index in [1.165, 1.54) is 19.3 Å². The molecule has 0 heterocycles. The molecule has 0 saturated carbocycles. The molecule has 0 aromatic rings. The molecule has 0 aliphatic heterocycles. The first-order valence-electron chi connectivity index (χ1n) is 8.38. The first-order valence-corrected chi connectivity index (χ1v) is 15.6. The van der Waals surface area contributed by atoms with Gasteiger partial charge in [0.05, 0.1) is 0 Å². The van der Waals surface area contributed by atoms with Gasteiger partial charge in [-0.2, -0.15) is 0 Å². The summed E-state index contributed by atoms with van der Waals surface area (Å²) in [4.78, 5) is 0. The molecule has 1 rings (SSSR count). The number of nitrogens with one attached hydrogen (secondary N) is 3. The molecule has 3 N–H and O–H groups in total. The Bertz CT molecular complexity index is 315. The second kappa shape index (κ2) is 10.0. The number of rotatable bonds is 11. The third-order valence-electron chi connectivity index (χ3n) is 3.78. The van der Waals surface area contributed by atoms with E-state index in [9.17, 15) is 0 Å². The molecule has 4 heteroatoms. The maximum atomic E-state index is 3.96. The fourth-order valence-corrected chi connectivity index (χ4v) is 17.3. The van der Waals surface area contributed by atoms with E-state index in [0.717, 1.165) is 32.5 Å². The average Bonchev–Trinajstić information content (AvgIpc) is 2.96. The van der Waals surface area contributed by atoms with Crippen molar-refractivity contribution >= 4 is 0 Å². The van der Waals surface area contributed by atoms with Crippen molar-refractivity contribution < 1.29 is 20.8 Å². The second-order valence-electron chi connectivity index (χ2n) is 5.49. The number of allylic oxidation sites excluding steroid dienone is 4. The Morgan fingerprint density at radius 1 is 0.900 bits per heavy atom. The van der Waals surface area contributed by atoms with E-state index in [0.29, 0.717) is 0 Å². The molecule has 0 bridgehead atoms. The molecule has 0 fully saturated rings. The molecule has 0 saturated heterocycles. The van der Waals surface area contributed by atoms with Gasteiger partial charge in [0.2, 0.25) is 0 Å². The zero-order valence-electron chi connectivity index (χ0n) is 13.8. The van der Waals surface area contributed by atoms with Crippen LogP contribution in [0, 0.1) is 0 Å². The zero-order valence-corrected chi connectivity index (χ0v) is 17.4. The van der Waals surface area contributed by atoms with Gasteiger partial charge in [0.15, 0.2) is 0 Å². The Morgan fingerprint density at radius 2 is 1.40 bits per heavy atom. The van der Waals surface area contributed by atoms with Gasteiger partial charge in [-0.05, 0) is 0 Å². The fraction of sp³-hybridized carbons (Fsp3) is 0.750. The molecule has 0 atom stereocenters. The van der Waals surface area contributed by atoms with Crippen molar-refractivity contribution in [3.63, 3.8) is 0 Å². The van der Waals surface area contributed by atoms with Crippen molar-refractivity contribution in [2.75, 3.05) is 19.6 Å². The standard InChI is InChI=1S/C7H9.3C3H8N.Hf/c1-2-7-5-3-4-6-7;3*1-2-3-4;/h3,5H,2,4H2,1H3;3*4H,2-3H2,1H3;/q;3*-1;+3. The quantitative estimate of drug-likeness (QED) is 0.426. The monoisotopic (exact) mass is 447 g/mol. The van der Waals surface area contributed by atoms with Gasteiger partial charge >= 0.3 is 131 Å². The van der Waals surface area contributed by atoms with Crippen LogP contribution in [0.3, 0.4) is 0 Å². The normalized spacial score (nSPS) is 15.4. The topological polar surface area (TPSA) is 36.1 Å². The first-order chi connectivity index (χ1) is 9.74. The van der Waals surface area contributed by atoms with Crippen LogP contribution in [0.4, 0.5) is 0 Å². The van der Waals surface area contributed by atoms with Gasteiger partial charge in [0, 0.05) is 0 Å². The van der Waals surface area contributed by atoms with Crippen LogP contribution in [0.15, 0.2) is 21.1 Å². The molecule has 0 aromatic carbocycles. The predicted octanol–water partition coefficient (Wildman–Crippen LogP) is 3.51. The summed E-state index contributed by atoms with van der Waals surface area (Å²) in [6, 6.07) is 0. The molecule has 0 unspecified atom stereocenters. The fourth-order valence-electron chi connectivity index (χ4n) is 2.72. The Hall–Kier alpha value is 0.230. The SMILES string of the molecule is CCC[NH][Hf]([NH]CCC)([NH]CCC)[C]1=C(CC)C=CC1. The van der Waals surface area contributed by atoms with Crippen LogP contribution in [0.2, 0.25) is 0 Å². The molecule has 0 spiro atoms. The number of hydrogen-bond acceptors (Lipinski definition) is 3. The summed E-state index contributed by atoms with van der Waals surface area (Å²) in [6.45, 7) is 12.4. The van der Waals surface area contributed by atoms with E-state index in [1.54, 1.807) is 8.90 Å². The van der Waals surface area contributed by atoms with Crippen molar-refractivity contribution in [1.29, 1.82) is 0 Å². The Kier molecular flexibility index (Phi) is 9.18. The molecule has 1 aliphatic carbocycles. The van der Waals surface area contributed by atoms with Crippen LogP contribution in [0.25, 0.3) is 0 Å². The van der Waals surface area contributed by atoms with Crippen LogP contribution in [0.1, 0.15) is 59.8 Å². The summed E-state index contributed by atoms with van der Waals surface area (Å²) >= 11 is -2.97. The first kappa shape index (κ1) is 18.3. The van der Waals surface area contributed by atoms with Gasteiger partial charge < -0.3 is 0 Å². The number of hydrogen-bond donors (Lipinski definition) is 3. The van der Waals surface area contributed by atoms with Gasteiger partial charge in [0.25, 0.3) is 0 Å². The summed E-state index contributed by atoms with van der Waals surface area (Å²) < 4.78 is 13.6. The molecule has 0 radical (unpaired) electrons. The Balaban J connectivity index is 2.99. The maximum absolute atomic E-state index is 3.96. The minimum absolute atomic E-state index is 1.12. The molecule has 20 heavy (non-hydrogen) atoms. The van der Waals surface area contributed by atoms with Crippen LogP contribution >= 0.6 is 0 Å². The summed E-state index contributed by atoms with van der Waals surface area (Å²) in [5.41, 5.74) is 1.57. The Morgan fingerprint density at radius 3 is 1.80 bits per heavy atom. The van der Waals surface area contributed by atoms with E-state index in [4.69, 9.17) is 0 Å². The third-order valence-corrected chi connectivity index (χ3v) is 17.3. The van der Waals surface area contributed by atoms with Crippen molar-refractivity contribution in [2.24, 2.45) is 0 Å². The van der Waals surface area contributed by atoms with Crippen molar-refractivity contribution in [3.05, 3.63) is 21.1 Å². The van der Waals surface area contributed by atoms with Crippen molar-refractivity contribution in [1.82, 2.24) is 9.91 Å². The van der Waals surface area contributed by atoms with Crippen LogP contribution < -0.4 is 9.91 Å². The van der Waals surface area contributed by atoms with Gasteiger partial charge in [0.1, 0.15) is 0 Å². The molecule has 3 nitrogen and oxygen atoms in total. The zero-order chi connectivity index (χ0) is 14.8. The van der Waals surface area contributed by atoms with E-state index in [2.05, 4.69) is 49.8 Å². The molecule has 116 valence electrons. The van der Waals surface area contributed by atoms with E-state index >= 15 is 0 Å². The summed E-state index contributed by atoms with van der Waals surface area (Å²) in [6.07, 6.45) is 10.6. The molecular formula is C16H33HfN3.